The normalized spacial score (nSPS) is 11.6. The lowest BCUT2D eigenvalue weighted by Crippen LogP contribution is -2.02. The van der Waals surface area contributed by atoms with Gasteiger partial charge in [0.05, 0.1) is 4.90 Å². The predicted octanol–water partition coefficient (Wildman–Crippen LogP) is 5.20. The Labute approximate surface area is 162 Å². The largest absolute Gasteiger partial charge is 0.224 e. The summed E-state index contributed by atoms with van der Waals surface area (Å²) in [6.45, 7) is 6.28. The number of rotatable bonds is 5. The van der Waals surface area contributed by atoms with Crippen molar-refractivity contribution in [1.29, 1.82) is 0 Å². The van der Waals surface area contributed by atoms with E-state index in [0.29, 0.717) is 4.90 Å². The van der Waals surface area contributed by atoms with Gasteiger partial charge in [-0.15, -0.1) is 0 Å². The highest BCUT2D eigenvalue weighted by atomic mass is 32.2. The molecule has 0 aliphatic heterocycles. The van der Waals surface area contributed by atoms with Crippen molar-refractivity contribution in [3.05, 3.63) is 99.6 Å². The molecule has 140 valence electrons. The van der Waals surface area contributed by atoms with E-state index in [9.17, 15) is 8.42 Å². The number of hydrogen-bond acceptors (Lipinski definition) is 2. The van der Waals surface area contributed by atoms with Gasteiger partial charge in [0.15, 0.2) is 9.84 Å². The van der Waals surface area contributed by atoms with Gasteiger partial charge >= 0.3 is 0 Å². The number of aryl methyl sites for hydroxylation is 2. The monoisotopic (exact) mass is 378 g/mol. The van der Waals surface area contributed by atoms with Crippen molar-refractivity contribution in [2.24, 2.45) is 0 Å². The second-order valence-corrected chi connectivity index (χ2v) is 9.42. The molecule has 3 aromatic rings. The molecule has 0 radical (unpaired) electrons. The first-order valence-corrected chi connectivity index (χ1v) is 11.1. The average molecular weight is 379 g/mol. The van der Waals surface area contributed by atoms with Gasteiger partial charge in [-0.2, -0.15) is 0 Å². The third kappa shape index (κ3) is 4.67. The van der Waals surface area contributed by atoms with Crippen LogP contribution in [0.25, 0.3) is 0 Å². The molecule has 0 heterocycles. The molecule has 0 saturated heterocycles. The van der Waals surface area contributed by atoms with Gasteiger partial charge in [-0.3, -0.25) is 0 Å². The molecule has 0 bridgehead atoms. The quantitative estimate of drug-likeness (QED) is 0.612. The third-order valence-corrected chi connectivity index (χ3v) is 6.27. The van der Waals surface area contributed by atoms with Gasteiger partial charge in [0.25, 0.3) is 0 Å². The van der Waals surface area contributed by atoms with E-state index in [1.165, 1.54) is 39.6 Å². The molecule has 3 heteroatoms. The molecule has 0 atom stereocenters. The summed E-state index contributed by atoms with van der Waals surface area (Å²) in [4.78, 5) is 0.383. The van der Waals surface area contributed by atoms with Crippen molar-refractivity contribution in [2.75, 3.05) is 6.26 Å². The van der Waals surface area contributed by atoms with Crippen LogP contribution in [-0.4, -0.2) is 14.7 Å². The molecule has 0 aromatic heterocycles. The zero-order valence-electron chi connectivity index (χ0n) is 16.4. The molecule has 3 rings (SSSR count). The van der Waals surface area contributed by atoms with Crippen molar-refractivity contribution in [1.82, 2.24) is 0 Å². The molecule has 0 fully saturated rings. The molecule has 3 aromatic carbocycles. The van der Waals surface area contributed by atoms with E-state index in [1.807, 2.05) is 13.0 Å². The van der Waals surface area contributed by atoms with Crippen LogP contribution in [0.5, 0.6) is 0 Å². The van der Waals surface area contributed by atoms with Gasteiger partial charge in [-0.25, -0.2) is 8.42 Å². The molecule has 0 aliphatic carbocycles. The Kier molecular flexibility index (Phi) is 5.52. The minimum Gasteiger partial charge on any atom is -0.224 e. The maximum Gasteiger partial charge on any atom is 0.175 e. The van der Waals surface area contributed by atoms with Crippen LogP contribution in [-0.2, 0) is 22.7 Å². The van der Waals surface area contributed by atoms with E-state index in [1.54, 1.807) is 12.1 Å². The Morgan fingerprint density at radius 3 is 2.04 bits per heavy atom. The van der Waals surface area contributed by atoms with Crippen LogP contribution in [0.1, 0.15) is 38.9 Å². The van der Waals surface area contributed by atoms with Crippen molar-refractivity contribution >= 4 is 9.84 Å². The minimum atomic E-state index is -3.17. The minimum absolute atomic E-state index is 0.383. The summed E-state index contributed by atoms with van der Waals surface area (Å²) in [6.07, 6.45) is 2.98. The SMILES string of the molecule is Cc1cccc(Cc2cccc(Cc3ccc(S(C)(=O)=O)cc3C)c2C)c1. The number of sulfone groups is 1. The van der Waals surface area contributed by atoms with Gasteiger partial charge in [0.2, 0.25) is 0 Å². The van der Waals surface area contributed by atoms with Gasteiger partial charge in [0.1, 0.15) is 0 Å². The molecule has 0 saturated carbocycles. The van der Waals surface area contributed by atoms with Gasteiger partial charge < -0.3 is 0 Å². The number of hydrogen-bond donors (Lipinski definition) is 0. The van der Waals surface area contributed by atoms with E-state index < -0.39 is 9.84 Å². The number of benzene rings is 3. The lowest BCUT2D eigenvalue weighted by atomic mass is 9.92. The Morgan fingerprint density at radius 2 is 1.41 bits per heavy atom. The van der Waals surface area contributed by atoms with Crippen molar-refractivity contribution < 1.29 is 8.42 Å². The van der Waals surface area contributed by atoms with Crippen LogP contribution < -0.4 is 0 Å². The first-order valence-electron chi connectivity index (χ1n) is 9.16. The van der Waals surface area contributed by atoms with Gasteiger partial charge in [-0.05, 0) is 79.1 Å². The van der Waals surface area contributed by atoms with Crippen LogP contribution >= 0.6 is 0 Å². The Morgan fingerprint density at radius 1 is 0.741 bits per heavy atom. The van der Waals surface area contributed by atoms with E-state index in [2.05, 4.69) is 56.3 Å². The highest BCUT2D eigenvalue weighted by molar-refractivity contribution is 7.90. The summed E-state index contributed by atoms with van der Waals surface area (Å²) in [5, 5.41) is 0. The van der Waals surface area contributed by atoms with E-state index in [4.69, 9.17) is 0 Å². The van der Waals surface area contributed by atoms with Crippen LogP contribution in [0.2, 0.25) is 0 Å². The Hall–Kier alpha value is -2.39. The summed E-state index contributed by atoms with van der Waals surface area (Å²) in [6, 6.07) is 20.5. The topological polar surface area (TPSA) is 34.1 Å². The van der Waals surface area contributed by atoms with E-state index in [0.717, 1.165) is 18.4 Å². The maximum absolute atomic E-state index is 11.8. The predicted molar refractivity (Wildman–Crippen MR) is 112 cm³/mol. The zero-order chi connectivity index (χ0) is 19.6. The summed E-state index contributed by atoms with van der Waals surface area (Å²) in [5.74, 6) is 0. The molecular weight excluding hydrogens is 352 g/mol. The smallest absolute Gasteiger partial charge is 0.175 e. The molecular formula is C24H26O2S. The highest BCUT2D eigenvalue weighted by Crippen LogP contribution is 2.23. The Balaban J connectivity index is 1.88. The second kappa shape index (κ2) is 7.69. The molecule has 0 amide bonds. The zero-order valence-corrected chi connectivity index (χ0v) is 17.2. The molecule has 2 nitrogen and oxygen atoms in total. The molecule has 0 spiro atoms. The fourth-order valence-electron chi connectivity index (χ4n) is 3.46. The summed E-state index contributed by atoms with van der Waals surface area (Å²) in [5.41, 5.74) is 8.72. The van der Waals surface area contributed by atoms with Crippen LogP contribution in [0.3, 0.4) is 0 Å². The first kappa shape index (κ1) is 19.4. The average Bonchev–Trinajstić information content (AvgIpc) is 2.59. The molecule has 0 aliphatic rings. The van der Waals surface area contributed by atoms with Crippen LogP contribution in [0.4, 0.5) is 0 Å². The maximum atomic E-state index is 11.8. The third-order valence-electron chi connectivity index (χ3n) is 5.16. The summed E-state index contributed by atoms with van der Waals surface area (Å²) in [7, 11) is -3.17. The fraction of sp³-hybridized carbons (Fsp3) is 0.250. The van der Waals surface area contributed by atoms with Crippen molar-refractivity contribution in [3.8, 4) is 0 Å². The standard InChI is InChI=1S/C24H26O2S/c1-17-7-5-8-20(13-17)15-22-9-6-10-23(19(22)3)16-21-11-12-24(14-18(21)2)27(4,25)26/h5-14H,15-16H2,1-4H3. The Bertz CT molecular complexity index is 1080. The molecule has 0 N–H and O–H groups in total. The molecule has 0 unspecified atom stereocenters. The molecule has 27 heavy (non-hydrogen) atoms. The summed E-state index contributed by atoms with van der Waals surface area (Å²) >= 11 is 0. The van der Waals surface area contributed by atoms with Crippen molar-refractivity contribution in [3.63, 3.8) is 0 Å². The summed E-state index contributed by atoms with van der Waals surface area (Å²) < 4.78 is 23.5. The van der Waals surface area contributed by atoms with Gasteiger partial charge in [-0.1, -0.05) is 54.1 Å². The second-order valence-electron chi connectivity index (χ2n) is 7.40. The van der Waals surface area contributed by atoms with E-state index in [-0.39, 0.29) is 0 Å². The first-order chi connectivity index (χ1) is 12.7. The van der Waals surface area contributed by atoms with Crippen LogP contribution in [0.15, 0.2) is 65.6 Å². The van der Waals surface area contributed by atoms with E-state index >= 15 is 0 Å². The van der Waals surface area contributed by atoms with Gasteiger partial charge in [0, 0.05) is 6.26 Å². The fourth-order valence-corrected chi connectivity index (χ4v) is 4.17. The highest BCUT2D eigenvalue weighted by Gasteiger charge is 2.11. The lowest BCUT2D eigenvalue weighted by Gasteiger charge is -2.14. The lowest BCUT2D eigenvalue weighted by molar-refractivity contribution is 0.601. The van der Waals surface area contributed by atoms with Crippen LogP contribution in [0, 0.1) is 20.8 Å². The van der Waals surface area contributed by atoms with Crippen molar-refractivity contribution in [2.45, 2.75) is 38.5 Å².